The van der Waals surface area contributed by atoms with Crippen LogP contribution in [0.2, 0.25) is 0 Å². The highest BCUT2D eigenvalue weighted by molar-refractivity contribution is 7.80. The Labute approximate surface area is 146 Å². The number of benzene rings is 1. The third kappa shape index (κ3) is 3.19. The number of carbonyl (C=O) groups excluding carboxylic acids is 1. The number of aliphatic hydroxyl groups excluding tert-OH is 1. The van der Waals surface area contributed by atoms with Gasteiger partial charge in [-0.15, -0.1) is 0 Å². The lowest BCUT2D eigenvalue weighted by Crippen LogP contribution is -2.50. The molecule has 1 aliphatic heterocycles. The minimum atomic E-state index is -0.635. The van der Waals surface area contributed by atoms with Gasteiger partial charge in [-0.2, -0.15) is 12.6 Å². The number of amides is 1. The molecular formula is C17H22N4O2S. The molecule has 0 radical (unpaired) electrons. The van der Waals surface area contributed by atoms with E-state index in [-0.39, 0.29) is 18.6 Å². The fraction of sp³-hybridized carbons (Fsp3) is 0.412. The van der Waals surface area contributed by atoms with Crippen LogP contribution >= 0.6 is 12.6 Å². The second-order valence-electron chi connectivity index (χ2n) is 5.89. The van der Waals surface area contributed by atoms with Crippen LogP contribution in [-0.2, 0) is 11.3 Å². The molecule has 0 spiro atoms. The minimum Gasteiger partial charge on any atom is -0.396 e. The maximum absolute atomic E-state index is 12.5. The van der Waals surface area contributed by atoms with Crippen molar-refractivity contribution >= 4 is 18.5 Å². The van der Waals surface area contributed by atoms with Gasteiger partial charge in [-0.05, 0) is 6.42 Å². The zero-order valence-electron chi connectivity index (χ0n) is 13.4. The summed E-state index contributed by atoms with van der Waals surface area (Å²) in [5.74, 6) is 0.957. The van der Waals surface area contributed by atoms with Gasteiger partial charge in [-0.1, -0.05) is 30.3 Å². The van der Waals surface area contributed by atoms with Crippen molar-refractivity contribution in [1.82, 2.24) is 14.5 Å². The Morgan fingerprint density at radius 2 is 2.12 bits per heavy atom. The third-order valence-corrected chi connectivity index (χ3v) is 4.73. The highest BCUT2D eigenvalue weighted by Crippen LogP contribution is 2.31. The zero-order valence-corrected chi connectivity index (χ0v) is 14.3. The SMILES string of the molecule is N[C@@H](CS)C(=O)N1CCn2cc(-c3ccccc3)nc2[C@@H]1CCO. The number of imidazole rings is 1. The van der Waals surface area contributed by atoms with Gasteiger partial charge in [-0.25, -0.2) is 4.98 Å². The first kappa shape index (κ1) is 17.0. The van der Waals surface area contributed by atoms with Gasteiger partial charge in [0.05, 0.1) is 17.8 Å². The van der Waals surface area contributed by atoms with E-state index < -0.39 is 6.04 Å². The van der Waals surface area contributed by atoms with Gasteiger partial charge >= 0.3 is 0 Å². The molecule has 3 rings (SSSR count). The molecule has 2 atom stereocenters. The minimum absolute atomic E-state index is 0.0158. The number of nitrogens with zero attached hydrogens (tertiary/aromatic N) is 3. The van der Waals surface area contributed by atoms with Crippen LogP contribution in [0.25, 0.3) is 11.3 Å². The summed E-state index contributed by atoms with van der Waals surface area (Å²) in [6.07, 6.45) is 2.45. The van der Waals surface area contributed by atoms with Crippen LogP contribution in [0.4, 0.5) is 0 Å². The van der Waals surface area contributed by atoms with E-state index in [4.69, 9.17) is 10.7 Å². The van der Waals surface area contributed by atoms with Crippen molar-refractivity contribution in [3.8, 4) is 11.3 Å². The van der Waals surface area contributed by atoms with E-state index in [0.29, 0.717) is 25.3 Å². The van der Waals surface area contributed by atoms with Gasteiger partial charge in [0.1, 0.15) is 5.82 Å². The Morgan fingerprint density at radius 3 is 2.79 bits per heavy atom. The lowest BCUT2D eigenvalue weighted by atomic mass is 10.1. The second kappa shape index (κ2) is 7.38. The normalized spacial score (nSPS) is 18.3. The number of rotatable bonds is 5. The van der Waals surface area contributed by atoms with E-state index in [9.17, 15) is 9.90 Å². The van der Waals surface area contributed by atoms with Crippen LogP contribution in [0.5, 0.6) is 0 Å². The predicted octanol–water partition coefficient (Wildman–Crippen LogP) is 1.07. The summed E-state index contributed by atoms with van der Waals surface area (Å²) in [4.78, 5) is 19.0. The van der Waals surface area contributed by atoms with Crippen molar-refractivity contribution < 1.29 is 9.90 Å². The molecule has 1 aliphatic rings. The Balaban J connectivity index is 1.94. The number of aromatic nitrogens is 2. The van der Waals surface area contributed by atoms with Gasteiger partial charge in [0, 0.05) is 37.2 Å². The Bertz CT molecular complexity index is 704. The quantitative estimate of drug-likeness (QED) is 0.707. The molecule has 6 nitrogen and oxygen atoms in total. The van der Waals surface area contributed by atoms with Crippen molar-refractivity contribution in [1.29, 1.82) is 0 Å². The molecule has 0 unspecified atom stereocenters. The summed E-state index contributed by atoms with van der Waals surface area (Å²) in [5, 5.41) is 9.44. The molecule has 1 amide bonds. The first-order valence-electron chi connectivity index (χ1n) is 8.06. The fourth-order valence-corrected chi connectivity index (χ4v) is 3.25. The molecule has 128 valence electrons. The van der Waals surface area contributed by atoms with Gasteiger partial charge in [-0.3, -0.25) is 4.79 Å². The lowest BCUT2D eigenvalue weighted by Gasteiger charge is -2.37. The molecule has 3 N–H and O–H groups in total. The van der Waals surface area contributed by atoms with Gasteiger partial charge < -0.3 is 20.3 Å². The van der Waals surface area contributed by atoms with E-state index in [1.807, 2.05) is 36.5 Å². The summed E-state index contributed by atoms with van der Waals surface area (Å²) in [6.45, 7) is 1.21. The van der Waals surface area contributed by atoms with Crippen LogP contribution in [0.1, 0.15) is 18.3 Å². The molecule has 2 aromatic rings. The topological polar surface area (TPSA) is 84.4 Å². The number of carbonyl (C=O) groups is 1. The number of fused-ring (bicyclic) bond motifs is 1. The first-order chi connectivity index (χ1) is 11.7. The highest BCUT2D eigenvalue weighted by Gasteiger charge is 2.34. The van der Waals surface area contributed by atoms with Gasteiger partial charge in [0.15, 0.2) is 0 Å². The maximum Gasteiger partial charge on any atom is 0.241 e. The highest BCUT2D eigenvalue weighted by atomic mass is 32.1. The van der Waals surface area contributed by atoms with Crippen molar-refractivity contribution in [2.75, 3.05) is 18.9 Å². The van der Waals surface area contributed by atoms with Crippen molar-refractivity contribution in [2.24, 2.45) is 5.73 Å². The summed E-state index contributed by atoms with van der Waals surface area (Å²) >= 11 is 4.12. The number of nitrogens with two attached hydrogens (primary N) is 1. The van der Waals surface area contributed by atoms with Crippen LogP contribution in [0, 0.1) is 0 Å². The summed E-state index contributed by atoms with van der Waals surface area (Å²) in [7, 11) is 0. The Kier molecular flexibility index (Phi) is 5.23. The number of thiol groups is 1. The molecule has 0 bridgehead atoms. The smallest absolute Gasteiger partial charge is 0.241 e. The van der Waals surface area contributed by atoms with Crippen molar-refractivity contribution in [3.63, 3.8) is 0 Å². The van der Waals surface area contributed by atoms with Crippen molar-refractivity contribution in [3.05, 3.63) is 42.4 Å². The van der Waals surface area contributed by atoms with E-state index in [2.05, 4.69) is 17.2 Å². The number of hydrogen-bond acceptors (Lipinski definition) is 5. The Hall–Kier alpha value is -1.83. The van der Waals surface area contributed by atoms with E-state index in [1.54, 1.807) is 4.90 Å². The molecular weight excluding hydrogens is 324 g/mol. The molecule has 1 aromatic carbocycles. The van der Waals surface area contributed by atoms with Crippen LogP contribution in [0.3, 0.4) is 0 Å². The average molecular weight is 346 g/mol. The Morgan fingerprint density at radius 1 is 1.38 bits per heavy atom. The fourth-order valence-electron chi connectivity index (χ4n) is 3.10. The maximum atomic E-state index is 12.5. The average Bonchev–Trinajstić information content (AvgIpc) is 3.06. The molecule has 2 heterocycles. The lowest BCUT2D eigenvalue weighted by molar-refractivity contribution is -0.136. The molecule has 7 heteroatoms. The summed E-state index contributed by atoms with van der Waals surface area (Å²) < 4.78 is 2.07. The summed E-state index contributed by atoms with van der Waals surface area (Å²) in [5.41, 5.74) is 7.78. The molecule has 0 saturated carbocycles. The molecule has 24 heavy (non-hydrogen) atoms. The standard InChI is InChI=1S/C17H22N4O2S/c18-13(11-24)17(23)21-8-7-20-10-14(12-4-2-1-3-5-12)19-16(20)15(21)6-9-22/h1-5,10,13,15,22,24H,6-9,11,18H2/t13-,15-/m0/s1. The van der Waals surface area contributed by atoms with E-state index in [1.165, 1.54) is 0 Å². The monoisotopic (exact) mass is 346 g/mol. The van der Waals surface area contributed by atoms with Crippen LogP contribution < -0.4 is 5.73 Å². The summed E-state index contributed by atoms with van der Waals surface area (Å²) in [6, 6.07) is 9.03. The van der Waals surface area contributed by atoms with E-state index >= 15 is 0 Å². The van der Waals surface area contributed by atoms with Crippen LogP contribution in [-0.4, -0.2) is 50.4 Å². The van der Waals surface area contributed by atoms with E-state index in [0.717, 1.165) is 17.1 Å². The zero-order chi connectivity index (χ0) is 17.1. The largest absolute Gasteiger partial charge is 0.396 e. The number of aliphatic hydroxyl groups is 1. The third-order valence-electron chi connectivity index (χ3n) is 4.33. The second-order valence-corrected chi connectivity index (χ2v) is 6.26. The molecule has 0 fully saturated rings. The molecule has 1 aromatic heterocycles. The first-order valence-corrected chi connectivity index (χ1v) is 8.69. The van der Waals surface area contributed by atoms with Gasteiger partial charge in [0.2, 0.25) is 5.91 Å². The predicted molar refractivity (Wildman–Crippen MR) is 95.6 cm³/mol. The number of hydrogen-bond donors (Lipinski definition) is 3. The van der Waals surface area contributed by atoms with Crippen molar-refractivity contribution in [2.45, 2.75) is 25.0 Å². The molecule has 0 aliphatic carbocycles. The molecule has 0 saturated heterocycles. The van der Waals surface area contributed by atoms with Gasteiger partial charge in [0.25, 0.3) is 0 Å². The van der Waals surface area contributed by atoms with Crippen LogP contribution in [0.15, 0.2) is 36.5 Å².